The standard InChI is InChI=1S/C24H21FN4O2/c1-16(17-10-11-22(31-2)21(25)13-17)27-24(30)20-15-29(19-8-4-3-5-9-19)28-23(20)18-7-6-12-26-14-18/h3-16H,1-2H3,(H,27,30)/t16-/m0/s1. The molecule has 0 aliphatic rings. The van der Waals surface area contributed by atoms with E-state index in [0.29, 0.717) is 16.8 Å². The van der Waals surface area contributed by atoms with Gasteiger partial charge in [0.2, 0.25) is 0 Å². The van der Waals surface area contributed by atoms with Crippen LogP contribution in [-0.2, 0) is 0 Å². The van der Waals surface area contributed by atoms with Gasteiger partial charge in [-0.1, -0.05) is 24.3 Å². The highest BCUT2D eigenvalue weighted by atomic mass is 19.1. The number of ether oxygens (including phenoxy) is 1. The third kappa shape index (κ3) is 4.30. The number of carbonyl (C=O) groups excluding carboxylic acids is 1. The fourth-order valence-electron chi connectivity index (χ4n) is 3.28. The van der Waals surface area contributed by atoms with Crippen molar-refractivity contribution >= 4 is 5.91 Å². The molecule has 7 heteroatoms. The molecule has 0 spiro atoms. The lowest BCUT2D eigenvalue weighted by Gasteiger charge is -2.15. The van der Waals surface area contributed by atoms with E-state index in [1.165, 1.54) is 13.2 Å². The van der Waals surface area contributed by atoms with Gasteiger partial charge in [0, 0.05) is 24.2 Å². The average Bonchev–Trinajstić information content (AvgIpc) is 3.26. The number of hydrogen-bond donors (Lipinski definition) is 1. The lowest BCUT2D eigenvalue weighted by Crippen LogP contribution is -2.27. The summed E-state index contributed by atoms with van der Waals surface area (Å²) in [6.45, 7) is 1.80. The minimum atomic E-state index is -0.478. The van der Waals surface area contributed by atoms with Crippen LogP contribution in [0.2, 0.25) is 0 Å². The fourth-order valence-corrected chi connectivity index (χ4v) is 3.28. The average molecular weight is 416 g/mol. The van der Waals surface area contributed by atoms with Crippen molar-refractivity contribution < 1.29 is 13.9 Å². The number of carbonyl (C=O) groups is 1. The number of nitrogens with zero attached hydrogens (tertiary/aromatic N) is 3. The molecule has 0 aliphatic heterocycles. The van der Waals surface area contributed by atoms with Gasteiger partial charge < -0.3 is 10.1 Å². The summed E-state index contributed by atoms with van der Waals surface area (Å²) in [5, 5.41) is 7.56. The highest BCUT2D eigenvalue weighted by Gasteiger charge is 2.21. The Morgan fingerprint density at radius 2 is 1.94 bits per heavy atom. The van der Waals surface area contributed by atoms with E-state index in [9.17, 15) is 9.18 Å². The molecule has 0 radical (unpaired) electrons. The van der Waals surface area contributed by atoms with Crippen molar-refractivity contribution in [2.75, 3.05) is 7.11 Å². The molecule has 0 saturated carbocycles. The van der Waals surface area contributed by atoms with Crippen LogP contribution in [0, 0.1) is 5.82 Å². The third-order valence-electron chi connectivity index (χ3n) is 4.94. The molecule has 0 unspecified atom stereocenters. The summed E-state index contributed by atoms with van der Waals surface area (Å²) in [5.74, 6) is -0.635. The number of aromatic nitrogens is 3. The number of para-hydroxylation sites is 1. The van der Waals surface area contributed by atoms with Crippen molar-refractivity contribution in [3.63, 3.8) is 0 Å². The van der Waals surface area contributed by atoms with Crippen LogP contribution in [0.4, 0.5) is 4.39 Å². The minimum absolute atomic E-state index is 0.158. The van der Waals surface area contributed by atoms with Crippen LogP contribution in [0.15, 0.2) is 79.3 Å². The normalized spacial score (nSPS) is 11.7. The Morgan fingerprint density at radius 3 is 2.61 bits per heavy atom. The number of rotatable bonds is 6. The van der Waals surface area contributed by atoms with Gasteiger partial charge >= 0.3 is 0 Å². The minimum Gasteiger partial charge on any atom is -0.494 e. The van der Waals surface area contributed by atoms with Crippen LogP contribution in [-0.4, -0.2) is 27.8 Å². The fraction of sp³-hybridized carbons (Fsp3) is 0.125. The van der Waals surface area contributed by atoms with Gasteiger partial charge in [-0.2, -0.15) is 5.10 Å². The number of pyridine rings is 1. The summed E-state index contributed by atoms with van der Waals surface area (Å²) in [6.07, 6.45) is 5.02. The van der Waals surface area contributed by atoms with Crippen LogP contribution in [0.5, 0.6) is 5.75 Å². The highest BCUT2D eigenvalue weighted by Crippen LogP contribution is 2.25. The maximum atomic E-state index is 14.1. The van der Waals surface area contributed by atoms with Crippen LogP contribution in [0.3, 0.4) is 0 Å². The largest absolute Gasteiger partial charge is 0.494 e. The molecule has 4 aromatic rings. The maximum Gasteiger partial charge on any atom is 0.255 e. The molecule has 1 amide bonds. The van der Waals surface area contributed by atoms with E-state index in [0.717, 1.165) is 11.3 Å². The van der Waals surface area contributed by atoms with Crippen LogP contribution >= 0.6 is 0 Å². The predicted molar refractivity (Wildman–Crippen MR) is 116 cm³/mol. The van der Waals surface area contributed by atoms with Gasteiger partial charge in [-0.15, -0.1) is 0 Å². The van der Waals surface area contributed by atoms with E-state index in [1.54, 1.807) is 48.4 Å². The topological polar surface area (TPSA) is 69.0 Å². The first-order valence-electron chi connectivity index (χ1n) is 9.76. The number of amides is 1. The number of methoxy groups -OCH3 is 1. The van der Waals surface area contributed by atoms with Crippen molar-refractivity contribution in [1.82, 2.24) is 20.1 Å². The Labute approximate surface area is 179 Å². The Morgan fingerprint density at radius 1 is 1.13 bits per heavy atom. The van der Waals surface area contributed by atoms with Crippen molar-refractivity contribution in [3.8, 4) is 22.7 Å². The summed E-state index contributed by atoms with van der Waals surface area (Å²) in [4.78, 5) is 17.3. The third-order valence-corrected chi connectivity index (χ3v) is 4.94. The molecule has 1 atom stereocenters. The van der Waals surface area contributed by atoms with Gasteiger partial charge in [0.25, 0.3) is 5.91 Å². The number of benzene rings is 2. The van der Waals surface area contributed by atoms with Gasteiger partial charge in [0.1, 0.15) is 5.69 Å². The molecule has 0 bridgehead atoms. The molecule has 1 N–H and O–H groups in total. The van der Waals surface area contributed by atoms with Crippen LogP contribution in [0.1, 0.15) is 28.9 Å². The SMILES string of the molecule is COc1ccc([C@H](C)NC(=O)c2cn(-c3ccccc3)nc2-c2cccnc2)cc1F. The van der Waals surface area contributed by atoms with E-state index in [-0.39, 0.29) is 11.7 Å². The molecule has 156 valence electrons. The molecule has 0 saturated heterocycles. The van der Waals surface area contributed by atoms with E-state index >= 15 is 0 Å². The van der Waals surface area contributed by atoms with E-state index in [4.69, 9.17) is 4.74 Å². The zero-order chi connectivity index (χ0) is 21.8. The molecule has 2 heterocycles. The second-order valence-corrected chi connectivity index (χ2v) is 7.00. The quantitative estimate of drug-likeness (QED) is 0.500. The van der Waals surface area contributed by atoms with Gasteiger partial charge in [0.15, 0.2) is 11.6 Å². The summed E-state index contributed by atoms with van der Waals surface area (Å²) in [6, 6.07) is 17.4. The lowest BCUT2D eigenvalue weighted by molar-refractivity contribution is 0.0940. The molecule has 0 aliphatic carbocycles. The Balaban J connectivity index is 1.66. The van der Waals surface area contributed by atoms with Crippen molar-refractivity contribution in [2.45, 2.75) is 13.0 Å². The molecular weight excluding hydrogens is 395 g/mol. The zero-order valence-electron chi connectivity index (χ0n) is 17.1. The Bertz CT molecular complexity index is 1190. The monoisotopic (exact) mass is 416 g/mol. The predicted octanol–water partition coefficient (Wildman–Crippen LogP) is 4.57. The zero-order valence-corrected chi connectivity index (χ0v) is 17.1. The van der Waals surface area contributed by atoms with Gasteiger partial charge in [0.05, 0.1) is 24.4 Å². The first kappa shape index (κ1) is 20.3. The lowest BCUT2D eigenvalue weighted by atomic mass is 10.1. The number of hydrogen-bond acceptors (Lipinski definition) is 4. The second kappa shape index (κ2) is 8.79. The van der Waals surface area contributed by atoms with Gasteiger partial charge in [-0.25, -0.2) is 9.07 Å². The summed E-state index contributed by atoms with van der Waals surface area (Å²) in [7, 11) is 1.41. The molecule has 2 aromatic heterocycles. The van der Waals surface area contributed by atoms with E-state index < -0.39 is 11.9 Å². The number of nitrogens with one attached hydrogen (secondary N) is 1. The summed E-state index contributed by atoms with van der Waals surface area (Å²) in [5.41, 5.74) is 3.10. The molecule has 2 aromatic carbocycles. The Hall–Kier alpha value is -4.00. The van der Waals surface area contributed by atoms with Gasteiger partial charge in [-0.3, -0.25) is 9.78 Å². The Kier molecular flexibility index (Phi) is 5.75. The second-order valence-electron chi connectivity index (χ2n) is 7.00. The maximum absolute atomic E-state index is 14.1. The molecule has 6 nitrogen and oxygen atoms in total. The van der Waals surface area contributed by atoms with Crippen molar-refractivity contribution in [2.24, 2.45) is 0 Å². The van der Waals surface area contributed by atoms with Gasteiger partial charge in [-0.05, 0) is 48.9 Å². The summed E-state index contributed by atoms with van der Waals surface area (Å²) < 4.78 is 20.7. The highest BCUT2D eigenvalue weighted by molar-refractivity contribution is 6.00. The van der Waals surface area contributed by atoms with Crippen LogP contribution in [0.25, 0.3) is 16.9 Å². The van der Waals surface area contributed by atoms with Crippen LogP contribution < -0.4 is 10.1 Å². The number of halogens is 1. The van der Waals surface area contributed by atoms with Crippen molar-refractivity contribution in [1.29, 1.82) is 0 Å². The summed E-state index contributed by atoms with van der Waals surface area (Å²) >= 11 is 0. The molecule has 0 fully saturated rings. The molecule has 31 heavy (non-hydrogen) atoms. The van der Waals surface area contributed by atoms with Crippen molar-refractivity contribution in [3.05, 3.63) is 96.2 Å². The molecular formula is C24H21FN4O2. The first-order chi connectivity index (χ1) is 15.1. The molecule has 4 rings (SSSR count). The smallest absolute Gasteiger partial charge is 0.255 e. The van der Waals surface area contributed by atoms with E-state index in [2.05, 4.69) is 15.4 Å². The first-order valence-corrected chi connectivity index (χ1v) is 9.76. The van der Waals surface area contributed by atoms with E-state index in [1.807, 2.05) is 36.4 Å².